The Labute approximate surface area is 157 Å². The van der Waals surface area contributed by atoms with E-state index >= 15 is 0 Å². The number of sulfonamides is 1. The summed E-state index contributed by atoms with van der Waals surface area (Å²) in [6, 6.07) is 13.3. The first-order valence-corrected chi connectivity index (χ1v) is 10.0. The van der Waals surface area contributed by atoms with Crippen LogP contribution in [0.3, 0.4) is 0 Å². The summed E-state index contributed by atoms with van der Waals surface area (Å²) in [4.78, 5) is 16.6. The minimum absolute atomic E-state index is 0.0153. The van der Waals surface area contributed by atoms with Gasteiger partial charge < -0.3 is 9.88 Å². The summed E-state index contributed by atoms with van der Waals surface area (Å²) in [5, 5.41) is 2.78. The number of hydrogen-bond acceptors (Lipinski definition) is 4. The smallest absolute Gasteiger partial charge is 0.255 e. The van der Waals surface area contributed by atoms with Crippen molar-refractivity contribution in [2.24, 2.45) is 0 Å². The second-order valence-corrected chi connectivity index (χ2v) is 8.11. The predicted octanol–water partition coefficient (Wildman–Crippen LogP) is 2.57. The van der Waals surface area contributed by atoms with Crippen molar-refractivity contribution in [2.75, 3.05) is 5.32 Å². The summed E-state index contributed by atoms with van der Waals surface area (Å²) in [5.41, 5.74) is 1.82. The number of benzene rings is 2. The highest BCUT2D eigenvalue weighted by Gasteiger charge is 2.28. The number of carbonyl (C=O) groups excluding carboxylic acids is 1. The van der Waals surface area contributed by atoms with E-state index in [2.05, 4.69) is 15.0 Å². The average Bonchev–Trinajstić information content (AvgIpc) is 3.30. The van der Waals surface area contributed by atoms with Crippen molar-refractivity contribution in [1.29, 1.82) is 0 Å². The fourth-order valence-electron chi connectivity index (χ4n) is 2.63. The number of hydrogen-bond donors (Lipinski definition) is 2. The molecule has 1 heterocycles. The van der Waals surface area contributed by atoms with E-state index < -0.39 is 10.0 Å². The van der Waals surface area contributed by atoms with Crippen molar-refractivity contribution in [3.63, 3.8) is 0 Å². The highest BCUT2D eigenvalue weighted by molar-refractivity contribution is 7.89. The van der Waals surface area contributed by atoms with Crippen LogP contribution in [-0.4, -0.2) is 29.9 Å². The number of nitrogens with zero attached hydrogens (tertiary/aromatic N) is 2. The van der Waals surface area contributed by atoms with Gasteiger partial charge in [0, 0.05) is 35.4 Å². The minimum atomic E-state index is -3.60. The lowest BCUT2D eigenvalue weighted by molar-refractivity contribution is 0.102. The molecule has 0 unspecified atom stereocenters. The molecule has 1 saturated carbocycles. The first-order chi connectivity index (χ1) is 13.0. The molecule has 1 aliphatic carbocycles. The van der Waals surface area contributed by atoms with Crippen LogP contribution in [0.5, 0.6) is 0 Å². The zero-order chi connectivity index (χ0) is 18.9. The lowest BCUT2D eigenvalue weighted by Gasteiger charge is -2.09. The number of imidazole rings is 1. The van der Waals surface area contributed by atoms with Gasteiger partial charge in [-0.25, -0.2) is 18.1 Å². The normalized spacial score (nSPS) is 14.1. The Kier molecular flexibility index (Phi) is 4.51. The van der Waals surface area contributed by atoms with Crippen molar-refractivity contribution in [3.05, 3.63) is 72.8 Å². The maximum Gasteiger partial charge on any atom is 0.255 e. The molecular formula is C19H18N4O3S. The fourth-order valence-corrected chi connectivity index (χ4v) is 3.98. The van der Waals surface area contributed by atoms with E-state index in [4.69, 9.17) is 0 Å². The third-order valence-electron chi connectivity index (χ3n) is 4.23. The van der Waals surface area contributed by atoms with Crippen LogP contribution in [0, 0.1) is 0 Å². The maximum atomic E-state index is 12.5. The molecular weight excluding hydrogens is 364 g/mol. The Morgan fingerprint density at radius 2 is 1.89 bits per heavy atom. The quantitative estimate of drug-likeness (QED) is 0.685. The van der Waals surface area contributed by atoms with Gasteiger partial charge in [0.15, 0.2) is 0 Å². The third kappa shape index (κ3) is 4.07. The number of carbonyl (C=O) groups is 1. The summed E-state index contributed by atoms with van der Waals surface area (Å²) in [6.45, 7) is 0. The van der Waals surface area contributed by atoms with Crippen molar-refractivity contribution >= 4 is 21.6 Å². The lowest BCUT2D eigenvalue weighted by Crippen LogP contribution is -2.26. The topological polar surface area (TPSA) is 93.1 Å². The summed E-state index contributed by atoms with van der Waals surface area (Å²) in [6.07, 6.45) is 6.92. The van der Waals surface area contributed by atoms with E-state index in [9.17, 15) is 13.2 Å². The number of nitrogens with one attached hydrogen (secondary N) is 2. The van der Waals surface area contributed by atoms with Crippen molar-refractivity contribution < 1.29 is 13.2 Å². The summed E-state index contributed by atoms with van der Waals surface area (Å²) in [5.74, 6) is -0.367. The lowest BCUT2D eigenvalue weighted by atomic mass is 10.2. The second kappa shape index (κ2) is 6.98. The van der Waals surface area contributed by atoms with E-state index in [0.29, 0.717) is 5.69 Å². The van der Waals surface area contributed by atoms with Gasteiger partial charge >= 0.3 is 0 Å². The Morgan fingerprint density at radius 1 is 1.11 bits per heavy atom. The predicted molar refractivity (Wildman–Crippen MR) is 101 cm³/mol. The number of anilines is 1. The molecule has 1 fully saturated rings. The van der Waals surface area contributed by atoms with E-state index in [1.165, 1.54) is 12.1 Å². The molecule has 0 spiro atoms. The molecule has 3 aromatic rings. The number of amides is 1. The van der Waals surface area contributed by atoms with E-state index in [0.717, 1.165) is 18.5 Å². The fraction of sp³-hybridized carbons (Fsp3) is 0.158. The zero-order valence-corrected chi connectivity index (χ0v) is 15.2. The van der Waals surface area contributed by atoms with Crippen LogP contribution >= 0.6 is 0 Å². The van der Waals surface area contributed by atoms with Gasteiger partial charge in [-0.15, -0.1) is 0 Å². The SMILES string of the molecule is O=C(Nc1ccc(-n2ccnc2)cc1)c1cccc(S(=O)(=O)NC2CC2)c1. The number of aromatic nitrogens is 2. The number of rotatable bonds is 6. The largest absolute Gasteiger partial charge is 0.322 e. The molecule has 0 radical (unpaired) electrons. The Hall–Kier alpha value is -2.97. The molecule has 4 rings (SSSR count). The summed E-state index contributed by atoms with van der Waals surface area (Å²) >= 11 is 0. The van der Waals surface area contributed by atoms with Gasteiger partial charge in [-0.1, -0.05) is 6.07 Å². The van der Waals surface area contributed by atoms with Crippen molar-refractivity contribution in [3.8, 4) is 5.69 Å². The second-order valence-electron chi connectivity index (χ2n) is 6.39. The van der Waals surface area contributed by atoms with Gasteiger partial charge in [-0.3, -0.25) is 4.79 Å². The van der Waals surface area contributed by atoms with Gasteiger partial charge in [0.1, 0.15) is 0 Å². The third-order valence-corrected chi connectivity index (χ3v) is 5.75. The highest BCUT2D eigenvalue weighted by atomic mass is 32.2. The standard InChI is InChI=1S/C19H18N4O3S/c24-19(21-15-6-8-17(9-7-15)23-11-10-20-13-23)14-2-1-3-18(12-14)27(25,26)22-16-4-5-16/h1-3,6-13,16,22H,4-5H2,(H,21,24). The Bertz CT molecular complexity index is 1060. The molecule has 8 heteroatoms. The van der Waals surface area contributed by atoms with Crippen LogP contribution in [0.2, 0.25) is 0 Å². The molecule has 0 aliphatic heterocycles. The van der Waals surface area contributed by atoms with Crippen LogP contribution in [0.25, 0.3) is 5.69 Å². The van der Waals surface area contributed by atoms with Crippen molar-refractivity contribution in [1.82, 2.24) is 14.3 Å². The molecule has 2 aromatic carbocycles. The zero-order valence-electron chi connectivity index (χ0n) is 14.4. The van der Waals surface area contributed by atoms with Crippen LogP contribution in [0.1, 0.15) is 23.2 Å². The molecule has 1 aliphatic rings. The highest BCUT2D eigenvalue weighted by Crippen LogP contribution is 2.23. The van der Waals surface area contributed by atoms with Gasteiger partial charge in [0.2, 0.25) is 10.0 Å². The molecule has 27 heavy (non-hydrogen) atoms. The van der Waals surface area contributed by atoms with E-state index in [1.54, 1.807) is 36.8 Å². The Morgan fingerprint density at radius 3 is 2.56 bits per heavy atom. The molecule has 7 nitrogen and oxygen atoms in total. The summed E-state index contributed by atoms with van der Waals surface area (Å²) in [7, 11) is -3.60. The Balaban J connectivity index is 1.49. The van der Waals surface area contributed by atoms with Crippen LogP contribution in [0.4, 0.5) is 5.69 Å². The molecule has 0 saturated heterocycles. The van der Waals surface area contributed by atoms with Gasteiger partial charge in [-0.05, 0) is 55.3 Å². The van der Waals surface area contributed by atoms with E-state index in [1.807, 2.05) is 22.9 Å². The van der Waals surface area contributed by atoms with Crippen molar-refractivity contribution in [2.45, 2.75) is 23.8 Å². The van der Waals surface area contributed by atoms with Gasteiger partial charge in [0.05, 0.1) is 11.2 Å². The molecule has 1 aromatic heterocycles. The first-order valence-electron chi connectivity index (χ1n) is 8.53. The molecule has 0 atom stereocenters. The van der Waals surface area contributed by atoms with Gasteiger partial charge in [-0.2, -0.15) is 0 Å². The van der Waals surface area contributed by atoms with E-state index in [-0.39, 0.29) is 22.4 Å². The van der Waals surface area contributed by atoms with Crippen LogP contribution in [0.15, 0.2) is 72.1 Å². The molecule has 0 bridgehead atoms. The monoisotopic (exact) mass is 382 g/mol. The molecule has 1 amide bonds. The minimum Gasteiger partial charge on any atom is -0.322 e. The van der Waals surface area contributed by atoms with Gasteiger partial charge in [0.25, 0.3) is 5.91 Å². The van der Waals surface area contributed by atoms with Crippen LogP contribution < -0.4 is 10.0 Å². The molecule has 138 valence electrons. The summed E-state index contributed by atoms with van der Waals surface area (Å²) < 4.78 is 29.1. The first kappa shape index (κ1) is 17.4. The maximum absolute atomic E-state index is 12.5. The average molecular weight is 382 g/mol. The molecule has 2 N–H and O–H groups in total. The van der Waals surface area contributed by atoms with Crippen LogP contribution in [-0.2, 0) is 10.0 Å².